The van der Waals surface area contributed by atoms with Gasteiger partial charge >= 0.3 is 0 Å². The lowest BCUT2D eigenvalue weighted by Gasteiger charge is -2.16. The van der Waals surface area contributed by atoms with Gasteiger partial charge in [-0.05, 0) is 31.3 Å². The Hall–Kier alpha value is -3.45. The summed E-state index contributed by atoms with van der Waals surface area (Å²) in [6.07, 6.45) is 3.72. The first kappa shape index (κ1) is 18.3. The molecule has 1 heterocycles. The second kappa shape index (κ2) is 8.29. The molecule has 3 rings (SSSR count). The number of nitrogens with two attached hydrogens (primary N) is 1. The number of aromatic nitrogens is 2. The van der Waals surface area contributed by atoms with Crippen LogP contribution < -0.4 is 11.1 Å². The Labute approximate surface area is 157 Å². The molecule has 0 fully saturated rings. The topological polar surface area (TPSA) is 93.2 Å². The number of carbonyl (C=O) groups is 2. The van der Waals surface area contributed by atoms with Crippen LogP contribution in [0.15, 0.2) is 67.0 Å². The lowest BCUT2D eigenvalue weighted by Crippen LogP contribution is -2.30. The maximum absolute atomic E-state index is 12.3. The third-order valence-electron chi connectivity index (χ3n) is 3.99. The molecule has 27 heavy (non-hydrogen) atoms. The Morgan fingerprint density at radius 2 is 1.81 bits per heavy atom. The molecule has 0 radical (unpaired) electrons. The monoisotopic (exact) mass is 363 g/mol. The zero-order valence-corrected chi connectivity index (χ0v) is 15.0. The quantitative estimate of drug-likeness (QED) is 0.672. The zero-order valence-electron chi connectivity index (χ0n) is 15.0. The molecule has 0 unspecified atom stereocenters. The molecule has 0 aliphatic carbocycles. The van der Waals surface area contributed by atoms with Gasteiger partial charge in [0.15, 0.2) is 0 Å². The van der Waals surface area contributed by atoms with Gasteiger partial charge < -0.3 is 11.1 Å². The van der Waals surface area contributed by atoms with E-state index < -0.39 is 5.91 Å². The first-order chi connectivity index (χ1) is 13.0. The lowest BCUT2D eigenvalue weighted by atomic mass is 10.1. The van der Waals surface area contributed by atoms with Crippen LogP contribution in [0.3, 0.4) is 0 Å². The summed E-state index contributed by atoms with van der Waals surface area (Å²) in [5.74, 6) is -0.797. The molecule has 0 saturated carbocycles. The van der Waals surface area contributed by atoms with Crippen LogP contribution in [-0.4, -0.2) is 40.1 Å². The SMILES string of the molecule is CN(CC(=O)Nc1ccccc1C(N)=O)Cc1cnn(-c2ccccc2)c1. The van der Waals surface area contributed by atoms with Crippen LogP contribution >= 0.6 is 0 Å². The minimum atomic E-state index is -0.576. The molecular weight excluding hydrogens is 342 g/mol. The van der Waals surface area contributed by atoms with Gasteiger partial charge in [0.25, 0.3) is 5.91 Å². The minimum absolute atomic E-state index is 0.170. The number of hydrogen-bond donors (Lipinski definition) is 2. The third-order valence-corrected chi connectivity index (χ3v) is 3.99. The van der Waals surface area contributed by atoms with Crippen molar-refractivity contribution in [2.75, 3.05) is 18.9 Å². The second-order valence-corrected chi connectivity index (χ2v) is 6.26. The van der Waals surface area contributed by atoms with E-state index in [1.807, 2.05) is 48.5 Å². The fourth-order valence-electron chi connectivity index (χ4n) is 2.77. The summed E-state index contributed by atoms with van der Waals surface area (Å²) in [6.45, 7) is 0.737. The number of para-hydroxylation sites is 2. The summed E-state index contributed by atoms with van der Waals surface area (Å²) < 4.78 is 1.80. The molecule has 0 atom stereocenters. The number of amides is 2. The van der Waals surface area contributed by atoms with Crippen molar-refractivity contribution in [3.8, 4) is 5.69 Å². The van der Waals surface area contributed by atoms with Gasteiger partial charge in [0.05, 0.1) is 29.7 Å². The second-order valence-electron chi connectivity index (χ2n) is 6.26. The number of rotatable bonds is 7. The van der Waals surface area contributed by atoms with Gasteiger partial charge in [-0.15, -0.1) is 0 Å². The number of anilines is 1. The van der Waals surface area contributed by atoms with E-state index in [4.69, 9.17) is 5.73 Å². The molecule has 0 saturated heterocycles. The molecule has 3 aromatic rings. The van der Waals surface area contributed by atoms with Gasteiger partial charge in [0, 0.05) is 18.3 Å². The van der Waals surface area contributed by atoms with Crippen molar-refractivity contribution in [3.63, 3.8) is 0 Å². The Balaban J connectivity index is 1.58. The smallest absolute Gasteiger partial charge is 0.250 e. The number of hydrogen-bond acceptors (Lipinski definition) is 4. The summed E-state index contributed by atoms with van der Waals surface area (Å²) in [7, 11) is 1.85. The van der Waals surface area contributed by atoms with Crippen molar-refractivity contribution in [2.45, 2.75) is 6.54 Å². The third kappa shape index (κ3) is 4.80. The van der Waals surface area contributed by atoms with Crippen molar-refractivity contribution in [1.29, 1.82) is 0 Å². The van der Waals surface area contributed by atoms with Crippen LogP contribution in [0.1, 0.15) is 15.9 Å². The Kier molecular flexibility index (Phi) is 5.63. The van der Waals surface area contributed by atoms with Crippen molar-refractivity contribution in [2.24, 2.45) is 5.73 Å². The van der Waals surface area contributed by atoms with E-state index in [9.17, 15) is 9.59 Å². The molecule has 3 N–H and O–H groups in total. The Morgan fingerprint density at radius 1 is 1.11 bits per heavy atom. The van der Waals surface area contributed by atoms with Gasteiger partial charge in [-0.2, -0.15) is 5.10 Å². The van der Waals surface area contributed by atoms with E-state index in [1.54, 1.807) is 35.1 Å². The highest BCUT2D eigenvalue weighted by Gasteiger charge is 2.13. The molecule has 0 aliphatic heterocycles. The van der Waals surface area contributed by atoms with Crippen molar-refractivity contribution in [1.82, 2.24) is 14.7 Å². The van der Waals surface area contributed by atoms with Crippen molar-refractivity contribution >= 4 is 17.5 Å². The maximum atomic E-state index is 12.3. The summed E-state index contributed by atoms with van der Waals surface area (Å²) in [6, 6.07) is 16.5. The van der Waals surface area contributed by atoms with E-state index in [1.165, 1.54) is 0 Å². The molecule has 2 aromatic carbocycles. The average molecular weight is 363 g/mol. The molecule has 7 heteroatoms. The van der Waals surface area contributed by atoms with Crippen LogP contribution in [0.4, 0.5) is 5.69 Å². The highest BCUT2D eigenvalue weighted by Crippen LogP contribution is 2.14. The number of likely N-dealkylation sites (N-methyl/N-ethyl adjacent to an activating group) is 1. The maximum Gasteiger partial charge on any atom is 0.250 e. The summed E-state index contributed by atoms with van der Waals surface area (Å²) in [5.41, 5.74) is 8.01. The predicted molar refractivity (Wildman–Crippen MR) is 103 cm³/mol. The van der Waals surface area contributed by atoms with Gasteiger partial charge in [0.1, 0.15) is 0 Å². The van der Waals surface area contributed by atoms with Crippen LogP contribution in [0.2, 0.25) is 0 Å². The van der Waals surface area contributed by atoms with Gasteiger partial charge in [-0.25, -0.2) is 4.68 Å². The van der Waals surface area contributed by atoms with Crippen LogP contribution in [0.5, 0.6) is 0 Å². The van der Waals surface area contributed by atoms with Crippen LogP contribution in [0, 0.1) is 0 Å². The largest absolute Gasteiger partial charge is 0.366 e. The molecule has 0 aliphatic rings. The van der Waals surface area contributed by atoms with Crippen molar-refractivity contribution < 1.29 is 9.59 Å². The highest BCUT2D eigenvalue weighted by molar-refractivity contribution is 6.03. The standard InChI is InChI=1S/C20H21N5O2/c1-24(12-15-11-22-25(13-15)16-7-3-2-4-8-16)14-19(26)23-18-10-6-5-9-17(18)20(21)27/h2-11,13H,12,14H2,1H3,(H2,21,27)(H,23,26). The zero-order chi connectivity index (χ0) is 19.2. The number of primary amides is 1. The number of nitrogens with one attached hydrogen (secondary N) is 1. The molecule has 138 valence electrons. The fourth-order valence-corrected chi connectivity index (χ4v) is 2.77. The highest BCUT2D eigenvalue weighted by atomic mass is 16.2. The fraction of sp³-hybridized carbons (Fsp3) is 0.150. The molecule has 0 spiro atoms. The first-order valence-electron chi connectivity index (χ1n) is 8.49. The molecule has 2 amide bonds. The van der Waals surface area contributed by atoms with E-state index >= 15 is 0 Å². The molecule has 0 bridgehead atoms. The van der Waals surface area contributed by atoms with Gasteiger partial charge in [-0.3, -0.25) is 14.5 Å². The summed E-state index contributed by atoms with van der Waals surface area (Å²) in [5, 5.41) is 7.09. The van der Waals surface area contributed by atoms with E-state index in [0.717, 1.165) is 11.3 Å². The van der Waals surface area contributed by atoms with Gasteiger partial charge in [-0.1, -0.05) is 30.3 Å². The summed E-state index contributed by atoms with van der Waals surface area (Å²) >= 11 is 0. The average Bonchev–Trinajstić information content (AvgIpc) is 3.11. The summed E-state index contributed by atoms with van der Waals surface area (Å²) in [4.78, 5) is 25.6. The first-order valence-corrected chi connectivity index (χ1v) is 8.49. The predicted octanol–water partition coefficient (Wildman–Crippen LogP) is 2.04. The van der Waals surface area contributed by atoms with E-state index in [-0.39, 0.29) is 18.0 Å². The van der Waals surface area contributed by atoms with Gasteiger partial charge in [0.2, 0.25) is 5.91 Å². The number of carbonyl (C=O) groups excluding carboxylic acids is 2. The van der Waals surface area contributed by atoms with Crippen LogP contribution in [-0.2, 0) is 11.3 Å². The Morgan fingerprint density at radius 3 is 2.56 bits per heavy atom. The van der Waals surface area contributed by atoms with E-state index in [0.29, 0.717) is 12.2 Å². The molecule has 7 nitrogen and oxygen atoms in total. The number of benzene rings is 2. The van der Waals surface area contributed by atoms with E-state index in [2.05, 4.69) is 10.4 Å². The lowest BCUT2D eigenvalue weighted by molar-refractivity contribution is -0.117. The minimum Gasteiger partial charge on any atom is -0.366 e. The molecular formula is C20H21N5O2. The Bertz CT molecular complexity index is 936. The molecule has 1 aromatic heterocycles. The van der Waals surface area contributed by atoms with Crippen LogP contribution in [0.25, 0.3) is 5.69 Å². The van der Waals surface area contributed by atoms with Crippen molar-refractivity contribution in [3.05, 3.63) is 78.1 Å². The number of nitrogens with zero attached hydrogens (tertiary/aromatic N) is 3. The normalized spacial score (nSPS) is 10.7.